The van der Waals surface area contributed by atoms with Gasteiger partial charge in [0.1, 0.15) is 6.04 Å². The van der Waals surface area contributed by atoms with Crippen molar-refractivity contribution < 1.29 is 27.6 Å². The van der Waals surface area contributed by atoms with Crippen LogP contribution in [0, 0.1) is 11.8 Å². The van der Waals surface area contributed by atoms with Gasteiger partial charge in [-0.15, -0.1) is 0 Å². The molecule has 0 spiro atoms. The molecule has 0 bridgehead atoms. The second-order valence-corrected chi connectivity index (χ2v) is 7.80. The van der Waals surface area contributed by atoms with Crippen LogP contribution in [0.2, 0.25) is 0 Å². The van der Waals surface area contributed by atoms with Crippen molar-refractivity contribution in [2.45, 2.75) is 18.3 Å². The Balaban J connectivity index is 1.62. The van der Waals surface area contributed by atoms with Crippen molar-refractivity contribution in [1.29, 1.82) is 0 Å². The lowest BCUT2D eigenvalue weighted by molar-refractivity contribution is -0.137. The van der Waals surface area contributed by atoms with Crippen molar-refractivity contribution in [3.05, 3.63) is 71.4 Å². The summed E-state index contributed by atoms with van der Waals surface area (Å²) in [5, 5.41) is 0. The highest BCUT2D eigenvalue weighted by atomic mass is 19.4. The molecule has 0 aliphatic carbocycles. The van der Waals surface area contributed by atoms with Crippen LogP contribution in [0.4, 0.5) is 18.9 Å². The van der Waals surface area contributed by atoms with Crippen LogP contribution in [0.5, 0.6) is 0 Å². The van der Waals surface area contributed by atoms with E-state index in [9.17, 15) is 27.6 Å². The first-order valence-corrected chi connectivity index (χ1v) is 9.59. The molecular formula is C22H16F3N3O3. The fourth-order valence-electron chi connectivity index (χ4n) is 4.96. The number of benzene rings is 2. The van der Waals surface area contributed by atoms with E-state index in [1.54, 1.807) is 23.2 Å². The summed E-state index contributed by atoms with van der Waals surface area (Å²) < 4.78 is 39.5. The number of carbonyl (C=O) groups excluding carboxylic acids is 3. The average Bonchev–Trinajstić information content (AvgIpc) is 3.20. The van der Waals surface area contributed by atoms with E-state index in [0.29, 0.717) is 0 Å². The lowest BCUT2D eigenvalue weighted by Crippen LogP contribution is -2.46. The normalized spacial score (nSPS) is 26.7. The molecule has 0 unspecified atom stereocenters. The van der Waals surface area contributed by atoms with Crippen molar-refractivity contribution in [3.8, 4) is 0 Å². The Morgan fingerprint density at radius 1 is 0.968 bits per heavy atom. The van der Waals surface area contributed by atoms with Crippen molar-refractivity contribution in [2.75, 3.05) is 4.90 Å². The predicted octanol–water partition coefficient (Wildman–Crippen LogP) is 2.71. The molecule has 6 nitrogen and oxygen atoms in total. The van der Waals surface area contributed by atoms with E-state index in [0.717, 1.165) is 34.2 Å². The largest absolute Gasteiger partial charge is 0.416 e. The van der Waals surface area contributed by atoms with Gasteiger partial charge in [0.2, 0.25) is 17.7 Å². The van der Waals surface area contributed by atoms with Crippen LogP contribution in [0.3, 0.4) is 0 Å². The zero-order valence-electron chi connectivity index (χ0n) is 15.9. The highest BCUT2D eigenvalue weighted by Gasteiger charge is 2.64. The van der Waals surface area contributed by atoms with Gasteiger partial charge in [-0.3, -0.25) is 14.4 Å². The van der Waals surface area contributed by atoms with Crippen LogP contribution < -0.4 is 10.6 Å². The molecule has 3 amide bonds. The summed E-state index contributed by atoms with van der Waals surface area (Å²) in [7, 11) is 0. The third-order valence-corrected chi connectivity index (χ3v) is 6.18. The SMILES string of the molecule is NC(=O)[C@@H]1[C@@H]2C(=O)N(c3cccc(C(F)(F)F)c3)C(=O)[C@H]2[C@H]2c3ccccc3C=CN12. The number of rotatable bonds is 2. The minimum Gasteiger partial charge on any atom is -0.368 e. The summed E-state index contributed by atoms with van der Waals surface area (Å²) in [6, 6.07) is 9.63. The molecule has 3 heterocycles. The van der Waals surface area contributed by atoms with E-state index in [1.165, 1.54) is 6.07 Å². The number of halogens is 3. The Morgan fingerprint density at radius 2 is 1.68 bits per heavy atom. The zero-order valence-corrected chi connectivity index (χ0v) is 15.9. The summed E-state index contributed by atoms with van der Waals surface area (Å²) in [5.74, 6) is -4.16. The van der Waals surface area contributed by atoms with E-state index >= 15 is 0 Å². The summed E-state index contributed by atoms with van der Waals surface area (Å²) >= 11 is 0. The summed E-state index contributed by atoms with van der Waals surface area (Å²) in [5.41, 5.74) is 6.06. The second-order valence-electron chi connectivity index (χ2n) is 7.80. The molecule has 158 valence electrons. The number of hydrogen-bond donors (Lipinski definition) is 1. The Bertz CT molecular complexity index is 1160. The Hall–Kier alpha value is -3.62. The number of nitrogens with two attached hydrogens (primary N) is 1. The van der Waals surface area contributed by atoms with Gasteiger partial charge in [-0.1, -0.05) is 30.3 Å². The first kappa shape index (κ1) is 19.3. The Morgan fingerprint density at radius 3 is 2.39 bits per heavy atom. The molecule has 2 fully saturated rings. The molecule has 3 aliphatic heterocycles. The maximum Gasteiger partial charge on any atom is 0.416 e. The van der Waals surface area contributed by atoms with Crippen LogP contribution in [-0.4, -0.2) is 28.7 Å². The molecule has 31 heavy (non-hydrogen) atoms. The van der Waals surface area contributed by atoms with Crippen molar-refractivity contribution in [3.63, 3.8) is 0 Å². The molecule has 2 N–H and O–H groups in total. The summed E-state index contributed by atoms with van der Waals surface area (Å²) in [4.78, 5) is 41.4. The molecule has 0 saturated carbocycles. The molecule has 2 saturated heterocycles. The van der Waals surface area contributed by atoms with E-state index in [-0.39, 0.29) is 5.69 Å². The first-order chi connectivity index (χ1) is 14.7. The van der Waals surface area contributed by atoms with E-state index in [2.05, 4.69) is 0 Å². The van der Waals surface area contributed by atoms with Crippen molar-refractivity contribution in [2.24, 2.45) is 17.6 Å². The van der Waals surface area contributed by atoms with E-state index < -0.39 is 53.4 Å². The molecule has 2 aromatic carbocycles. The fourth-order valence-corrected chi connectivity index (χ4v) is 4.96. The number of primary amides is 1. The van der Waals surface area contributed by atoms with Gasteiger partial charge in [-0.25, -0.2) is 4.90 Å². The van der Waals surface area contributed by atoms with Gasteiger partial charge in [0.05, 0.1) is 29.1 Å². The van der Waals surface area contributed by atoms with Gasteiger partial charge in [0.15, 0.2) is 0 Å². The molecule has 3 aliphatic rings. The molecule has 9 heteroatoms. The lowest BCUT2D eigenvalue weighted by atomic mass is 9.84. The molecule has 0 aromatic heterocycles. The van der Waals surface area contributed by atoms with Crippen LogP contribution >= 0.6 is 0 Å². The highest BCUT2D eigenvalue weighted by Crippen LogP contribution is 2.53. The van der Waals surface area contributed by atoms with Crippen LogP contribution in [0.25, 0.3) is 6.08 Å². The number of fused-ring (bicyclic) bond motifs is 5. The van der Waals surface area contributed by atoms with Crippen LogP contribution in [0.15, 0.2) is 54.7 Å². The van der Waals surface area contributed by atoms with Crippen LogP contribution in [-0.2, 0) is 20.6 Å². The van der Waals surface area contributed by atoms with E-state index in [1.807, 2.05) is 18.2 Å². The Kier molecular flexibility index (Phi) is 4.02. The van der Waals surface area contributed by atoms with Gasteiger partial charge < -0.3 is 10.6 Å². The Labute approximate surface area is 174 Å². The fraction of sp³-hybridized carbons (Fsp3) is 0.227. The predicted molar refractivity (Wildman–Crippen MR) is 104 cm³/mol. The van der Waals surface area contributed by atoms with Crippen molar-refractivity contribution in [1.82, 2.24) is 4.90 Å². The third-order valence-electron chi connectivity index (χ3n) is 6.18. The highest BCUT2D eigenvalue weighted by molar-refractivity contribution is 6.24. The number of carbonyl (C=O) groups is 3. The molecule has 5 rings (SSSR count). The average molecular weight is 427 g/mol. The number of alkyl halides is 3. The smallest absolute Gasteiger partial charge is 0.368 e. The number of hydrogen-bond acceptors (Lipinski definition) is 4. The number of anilines is 1. The minimum atomic E-state index is -4.63. The maximum absolute atomic E-state index is 13.4. The maximum atomic E-state index is 13.4. The third kappa shape index (κ3) is 2.69. The second kappa shape index (κ2) is 6.44. The number of imide groups is 1. The molecule has 4 atom stereocenters. The molecule has 0 radical (unpaired) electrons. The molecular weight excluding hydrogens is 411 g/mol. The standard InChI is InChI=1S/C22H16F3N3O3/c23-22(24,25)12-5-3-6-13(10-12)28-20(30)15-16(21(28)31)18(19(26)29)27-9-8-11-4-1-2-7-14(11)17(15)27/h1-10,15-18H,(H2,26,29)/t15-,16-,17-,18+/m1/s1. The van der Waals surface area contributed by atoms with Crippen LogP contribution in [0.1, 0.15) is 22.7 Å². The lowest BCUT2D eigenvalue weighted by Gasteiger charge is -2.34. The van der Waals surface area contributed by atoms with Gasteiger partial charge in [-0.05, 0) is 35.4 Å². The first-order valence-electron chi connectivity index (χ1n) is 9.59. The van der Waals surface area contributed by atoms with E-state index in [4.69, 9.17) is 5.73 Å². The summed E-state index contributed by atoms with van der Waals surface area (Å²) in [6.07, 6.45) is -1.20. The quantitative estimate of drug-likeness (QED) is 0.747. The van der Waals surface area contributed by atoms with Gasteiger partial charge in [0, 0.05) is 6.20 Å². The number of amides is 3. The topological polar surface area (TPSA) is 83.7 Å². The minimum absolute atomic E-state index is 0.173. The van der Waals surface area contributed by atoms with Gasteiger partial charge in [0.25, 0.3) is 0 Å². The van der Waals surface area contributed by atoms with Gasteiger partial charge in [-0.2, -0.15) is 13.2 Å². The molecule has 2 aromatic rings. The monoisotopic (exact) mass is 427 g/mol. The van der Waals surface area contributed by atoms with Gasteiger partial charge >= 0.3 is 6.18 Å². The van der Waals surface area contributed by atoms with Crippen molar-refractivity contribution >= 4 is 29.5 Å². The zero-order chi connectivity index (χ0) is 22.1. The summed E-state index contributed by atoms with van der Waals surface area (Å²) in [6.45, 7) is 0. The number of nitrogens with zero attached hydrogens (tertiary/aromatic N) is 2.